The van der Waals surface area contributed by atoms with Crippen molar-refractivity contribution in [1.82, 2.24) is 0 Å². The van der Waals surface area contributed by atoms with Crippen LogP contribution in [0.25, 0.3) is 0 Å². The van der Waals surface area contributed by atoms with E-state index in [1.54, 1.807) is 0 Å². The minimum atomic E-state index is -0.847. The lowest BCUT2D eigenvalue weighted by molar-refractivity contribution is -0.137. The van der Waals surface area contributed by atoms with Crippen molar-refractivity contribution < 1.29 is 19.5 Å². The number of rotatable bonds is 8. The van der Waals surface area contributed by atoms with E-state index in [1.165, 1.54) is 6.92 Å². The minimum absolute atomic E-state index is 0.00814. The van der Waals surface area contributed by atoms with Crippen molar-refractivity contribution in [2.75, 3.05) is 0 Å². The van der Waals surface area contributed by atoms with Gasteiger partial charge in [0.1, 0.15) is 12.1 Å². The maximum absolute atomic E-state index is 11.3. The molecule has 0 bridgehead atoms. The van der Waals surface area contributed by atoms with Crippen LogP contribution in [0.2, 0.25) is 0 Å². The molecule has 0 radical (unpaired) electrons. The van der Waals surface area contributed by atoms with Gasteiger partial charge in [0, 0.05) is 18.8 Å². The molecule has 0 fully saturated rings. The van der Waals surface area contributed by atoms with Crippen molar-refractivity contribution in [3.8, 4) is 0 Å². The Hall–Kier alpha value is -1.19. The van der Waals surface area contributed by atoms with Crippen LogP contribution < -0.4 is 0 Å². The molecule has 0 rings (SSSR count). The average molecular weight is 214 g/mol. The number of carbonyl (C=O) groups excluding carboxylic acids is 2. The molecule has 86 valence electrons. The van der Waals surface area contributed by atoms with Crippen molar-refractivity contribution in [3.05, 3.63) is 0 Å². The van der Waals surface area contributed by atoms with Crippen LogP contribution in [-0.4, -0.2) is 23.1 Å². The van der Waals surface area contributed by atoms with Crippen molar-refractivity contribution in [1.29, 1.82) is 0 Å². The molecule has 4 nitrogen and oxygen atoms in total. The molecule has 0 aromatic rings. The van der Waals surface area contributed by atoms with Gasteiger partial charge in [-0.05, 0) is 25.7 Å². The Kier molecular flexibility index (Phi) is 6.58. The summed E-state index contributed by atoms with van der Waals surface area (Å²) >= 11 is 0. The molecule has 0 spiro atoms. The summed E-state index contributed by atoms with van der Waals surface area (Å²) in [5.41, 5.74) is 0. The third-order valence-corrected chi connectivity index (χ3v) is 2.58. The Morgan fingerprint density at radius 1 is 1.40 bits per heavy atom. The van der Waals surface area contributed by atoms with Gasteiger partial charge in [0.2, 0.25) is 0 Å². The number of carboxylic acids is 1. The molecule has 4 heteroatoms. The Morgan fingerprint density at radius 2 is 2.00 bits per heavy atom. The average Bonchev–Trinajstić information content (AvgIpc) is 2.11. The van der Waals surface area contributed by atoms with Gasteiger partial charge < -0.3 is 9.90 Å². The predicted molar refractivity (Wildman–Crippen MR) is 55.5 cm³/mol. The Balaban J connectivity index is 4.09. The van der Waals surface area contributed by atoms with E-state index in [2.05, 4.69) is 0 Å². The van der Waals surface area contributed by atoms with Gasteiger partial charge in [-0.1, -0.05) is 6.92 Å². The minimum Gasteiger partial charge on any atom is -0.481 e. The molecule has 0 aliphatic carbocycles. The Bertz CT molecular complexity index is 235. The number of ketones is 1. The fraction of sp³-hybridized carbons (Fsp3) is 0.727. The highest BCUT2D eigenvalue weighted by Gasteiger charge is 2.21. The summed E-state index contributed by atoms with van der Waals surface area (Å²) in [4.78, 5) is 31.9. The molecule has 0 aliphatic rings. The SMILES string of the molecule is CC(=O)C(CCCC(=O)O)C(C)CC=O. The van der Waals surface area contributed by atoms with E-state index in [1.807, 2.05) is 6.92 Å². The second-order valence-electron chi connectivity index (χ2n) is 3.88. The third kappa shape index (κ3) is 5.99. The number of Topliss-reactive ketones (excluding diaryl/α,β-unsaturated/α-hetero) is 1. The first-order chi connectivity index (χ1) is 6.99. The fourth-order valence-corrected chi connectivity index (χ4v) is 1.68. The van der Waals surface area contributed by atoms with Gasteiger partial charge >= 0.3 is 5.97 Å². The van der Waals surface area contributed by atoms with E-state index >= 15 is 0 Å². The zero-order chi connectivity index (χ0) is 11.8. The highest BCUT2D eigenvalue weighted by Crippen LogP contribution is 2.21. The van der Waals surface area contributed by atoms with Crippen LogP contribution in [0.1, 0.15) is 39.5 Å². The summed E-state index contributed by atoms with van der Waals surface area (Å²) in [5.74, 6) is -0.988. The first kappa shape index (κ1) is 13.8. The smallest absolute Gasteiger partial charge is 0.303 e. The lowest BCUT2D eigenvalue weighted by Crippen LogP contribution is -2.20. The highest BCUT2D eigenvalue weighted by atomic mass is 16.4. The van der Waals surface area contributed by atoms with Crippen LogP contribution in [0.4, 0.5) is 0 Å². The molecule has 0 aliphatic heterocycles. The number of carboxylic acid groups (broad SMARTS) is 1. The van der Waals surface area contributed by atoms with E-state index in [0.717, 1.165) is 6.29 Å². The molecule has 0 heterocycles. The highest BCUT2D eigenvalue weighted by molar-refractivity contribution is 5.79. The number of aldehydes is 1. The largest absolute Gasteiger partial charge is 0.481 e. The van der Waals surface area contributed by atoms with E-state index < -0.39 is 5.97 Å². The second-order valence-corrected chi connectivity index (χ2v) is 3.88. The van der Waals surface area contributed by atoms with Gasteiger partial charge in [0.15, 0.2) is 0 Å². The Labute approximate surface area is 89.7 Å². The number of carbonyl (C=O) groups is 3. The lowest BCUT2D eigenvalue weighted by Gasteiger charge is -2.19. The first-order valence-corrected chi connectivity index (χ1v) is 5.15. The van der Waals surface area contributed by atoms with Gasteiger partial charge in [0.05, 0.1) is 0 Å². The zero-order valence-corrected chi connectivity index (χ0v) is 9.23. The van der Waals surface area contributed by atoms with Crippen LogP contribution in [0.3, 0.4) is 0 Å². The quantitative estimate of drug-likeness (QED) is 0.624. The molecule has 0 aromatic heterocycles. The van der Waals surface area contributed by atoms with E-state index in [-0.39, 0.29) is 24.0 Å². The maximum atomic E-state index is 11.3. The second kappa shape index (κ2) is 7.15. The molecule has 2 unspecified atom stereocenters. The molecule has 15 heavy (non-hydrogen) atoms. The van der Waals surface area contributed by atoms with Gasteiger partial charge in [-0.2, -0.15) is 0 Å². The summed E-state index contributed by atoms with van der Waals surface area (Å²) < 4.78 is 0. The first-order valence-electron chi connectivity index (χ1n) is 5.15. The molecule has 0 aromatic carbocycles. The van der Waals surface area contributed by atoms with Crippen molar-refractivity contribution in [2.45, 2.75) is 39.5 Å². The van der Waals surface area contributed by atoms with Gasteiger partial charge in [-0.15, -0.1) is 0 Å². The molecule has 2 atom stereocenters. The van der Waals surface area contributed by atoms with E-state index in [4.69, 9.17) is 5.11 Å². The van der Waals surface area contributed by atoms with Gasteiger partial charge in [0.25, 0.3) is 0 Å². The van der Waals surface area contributed by atoms with Crippen LogP contribution in [0.15, 0.2) is 0 Å². The van der Waals surface area contributed by atoms with Crippen LogP contribution in [0.5, 0.6) is 0 Å². The Morgan fingerprint density at radius 3 is 2.40 bits per heavy atom. The zero-order valence-electron chi connectivity index (χ0n) is 9.23. The molecule has 1 N–H and O–H groups in total. The fourth-order valence-electron chi connectivity index (χ4n) is 1.68. The number of hydrogen-bond acceptors (Lipinski definition) is 3. The van der Waals surface area contributed by atoms with Crippen LogP contribution in [0, 0.1) is 11.8 Å². The summed E-state index contributed by atoms with van der Waals surface area (Å²) in [5, 5.41) is 8.47. The van der Waals surface area contributed by atoms with Gasteiger partial charge in [-0.3, -0.25) is 9.59 Å². The van der Waals surface area contributed by atoms with E-state index in [0.29, 0.717) is 19.3 Å². The van der Waals surface area contributed by atoms with Crippen molar-refractivity contribution >= 4 is 18.0 Å². The maximum Gasteiger partial charge on any atom is 0.303 e. The van der Waals surface area contributed by atoms with Gasteiger partial charge in [-0.25, -0.2) is 0 Å². The molecule has 0 saturated heterocycles. The predicted octanol–water partition coefficient (Wildman–Crippen LogP) is 1.67. The van der Waals surface area contributed by atoms with Crippen molar-refractivity contribution in [3.63, 3.8) is 0 Å². The molecule has 0 saturated carbocycles. The monoisotopic (exact) mass is 214 g/mol. The van der Waals surface area contributed by atoms with Crippen LogP contribution >= 0.6 is 0 Å². The molecular weight excluding hydrogens is 196 g/mol. The summed E-state index contributed by atoms with van der Waals surface area (Å²) in [6.45, 7) is 3.34. The summed E-state index contributed by atoms with van der Waals surface area (Å²) in [6, 6.07) is 0. The summed E-state index contributed by atoms with van der Waals surface area (Å²) in [7, 11) is 0. The topological polar surface area (TPSA) is 71.4 Å². The normalized spacial score (nSPS) is 14.3. The lowest BCUT2D eigenvalue weighted by atomic mass is 9.84. The van der Waals surface area contributed by atoms with Crippen LogP contribution in [-0.2, 0) is 14.4 Å². The standard InChI is InChI=1S/C11H18O4/c1-8(6-7-12)10(9(2)13)4-3-5-11(14)15/h7-8,10H,3-6H2,1-2H3,(H,14,15). The summed E-state index contributed by atoms with van der Waals surface area (Å²) in [6.07, 6.45) is 2.28. The molecular formula is C11H18O4. The number of aliphatic carboxylic acids is 1. The third-order valence-electron chi connectivity index (χ3n) is 2.58. The van der Waals surface area contributed by atoms with Crippen molar-refractivity contribution in [2.24, 2.45) is 11.8 Å². The molecule has 0 amide bonds. The van der Waals surface area contributed by atoms with E-state index in [9.17, 15) is 14.4 Å². The number of hydrogen-bond donors (Lipinski definition) is 1.